The SMILES string of the molecule is Cc1cn(-c2nccc3ccccc23)cc1C(=O)N=C(N)N.Cl. The van der Waals surface area contributed by atoms with E-state index in [0.29, 0.717) is 5.56 Å². The van der Waals surface area contributed by atoms with Gasteiger partial charge < -0.3 is 16.0 Å². The largest absolute Gasteiger partial charge is 0.370 e. The Morgan fingerprint density at radius 1 is 1.17 bits per heavy atom. The van der Waals surface area contributed by atoms with Gasteiger partial charge in [0, 0.05) is 24.0 Å². The van der Waals surface area contributed by atoms with Crippen LogP contribution in [0.5, 0.6) is 0 Å². The van der Waals surface area contributed by atoms with Crippen LogP contribution in [0, 0.1) is 6.92 Å². The van der Waals surface area contributed by atoms with Gasteiger partial charge in [-0.05, 0) is 23.9 Å². The number of carbonyl (C=O) groups is 1. The number of fused-ring (bicyclic) bond motifs is 1. The molecule has 0 saturated carbocycles. The maximum Gasteiger partial charge on any atom is 0.281 e. The Balaban J connectivity index is 0.00000192. The molecular formula is C16H16ClN5O. The van der Waals surface area contributed by atoms with Crippen molar-refractivity contribution in [1.82, 2.24) is 9.55 Å². The summed E-state index contributed by atoms with van der Waals surface area (Å²) >= 11 is 0. The first-order valence-corrected chi connectivity index (χ1v) is 6.73. The second-order valence-electron chi connectivity index (χ2n) is 4.96. The Morgan fingerprint density at radius 2 is 1.91 bits per heavy atom. The lowest BCUT2D eigenvalue weighted by atomic mass is 10.1. The first-order valence-electron chi connectivity index (χ1n) is 6.73. The molecule has 0 spiro atoms. The highest BCUT2D eigenvalue weighted by molar-refractivity contribution is 6.03. The quantitative estimate of drug-likeness (QED) is 0.556. The van der Waals surface area contributed by atoms with Crippen LogP contribution in [-0.4, -0.2) is 21.4 Å². The number of hydrogen-bond acceptors (Lipinski definition) is 2. The second-order valence-corrected chi connectivity index (χ2v) is 4.96. The first kappa shape index (κ1) is 16.5. The van der Waals surface area contributed by atoms with E-state index >= 15 is 0 Å². The van der Waals surface area contributed by atoms with E-state index in [9.17, 15) is 4.79 Å². The van der Waals surface area contributed by atoms with Gasteiger partial charge in [-0.1, -0.05) is 24.3 Å². The molecule has 3 rings (SSSR count). The number of aryl methyl sites for hydroxylation is 1. The number of nitrogens with two attached hydrogens (primary N) is 2. The Hall–Kier alpha value is -2.86. The van der Waals surface area contributed by atoms with Gasteiger partial charge in [-0.2, -0.15) is 4.99 Å². The molecule has 0 atom stereocenters. The highest BCUT2D eigenvalue weighted by Gasteiger charge is 2.13. The van der Waals surface area contributed by atoms with Gasteiger partial charge in [0.05, 0.1) is 5.56 Å². The van der Waals surface area contributed by atoms with Crippen molar-refractivity contribution in [2.45, 2.75) is 6.92 Å². The summed E-state index contributed by atoms with van der Waals surface area (Å²) in [5, 5.41) is 2.08. The van der Waals surface area contributed by atoms with E-state index in [1.807, 2.05) is 48.0 Å². The van der Waals surface area contributed by atoms with Gasteiger partial charge in [0.25, 0.3) is 5.91 Å². The molecule has 0 unspecified atom stereocenters. The topological polar surface area (TPSA) is 99.3 Å². The van der Waals surface area contributed by atoms with Crippen LogP contribution in [0.2, 0.25) is 0 Å². The molecule has 7 heteroatoms. The molecule has 0 bridgehead atoms. The zero-order valence-corrected chi connectivity index (χ0v) is 13.2. The molecule has 0 fully saturated rings. The lowest BCUT2D eigenvalue weighted by molar-refractivity contribution is 0.100. The predicted molar refractivity (Wildman–Crippen MR) is 93.2 cm³/mol. The number of aliphatic imine (C=N–C) groups is 1. The molecule has 118 valence electrons. The van der Waals surface area contributed by atoms with Crippen molar-refractivity contribution in [3.05, 3.63) is 60.0 Å². The molecule has 1 aromatic carbocycles. The molecule has 0 aliphatic rings. The number of benzene rings is 1. The molecule has 6 nitrogen and oxygen atoms in total. The maximum absolute atomic E-state index is 12.0. The van der Waals surface area contributed by atoms with Crippen LogP contribution in [-0.2, 0) is 0 Å². The van der Waals surface area contributed by atoms with E-state index < -0.39 is 5.91 Å². The van der Waals surface area contributed by atoms with Crippen molar-refractivity contribution in [3.8, 4) is 5.82 Å². The van der Waals surface area contributed by atoms with E-state index in [2.05, 4.69) is 9.98 Å². The van der Waals surface area contributed by atoms with Gasteiger partial charge in [0.15, 0.2) is 5.96 Å². The van der Waals surface area contributed by atoms with Crippen LogP contribution in [0.4, 0.5) is 0 Å². The summed E-state index contributed by atoms with van der Waals surface area (Å²) in [7, 11) is 0. The van der Waals surface area contributed by atoms with Crippen molar-refractivity contribution in [2.24, 2.45) is 16.5 Å². The van der Waals surface area contributed by atoms with Crippen LogP contribution < -0.4 is 11.5 Å². The number of carbonyl (C=O) groups excluding carboxylic acids is 1. The lowest BCUT2D eigenvalue weighted by Gasteiger charge is -2.06. The molecule has 1 amide bonds. The third-order valence-electron chi connectivity index (χ3n) is 3.38. The van der Waals surface area contributed by atoms with Crippen molar-refractivity contribution in [1.29, 1.82) is 0 Å². The van der Waals surface area contributed by atoms with E-state index in [0.717, 1.165) is 22.2 Å². The fourth-order valence-corrected chi connectivity index (χ4v) is 2.39. The fourth-order valence-electron chi connectivity index (χ4n) is 2.39. The third kappa shape index (κ3) is 3.17. The number of nitrogens with zero attached hydrogens (tertiary/aromatic N) is 3. The van der Waals surface area contributed by atoms with Crippen LogP contribution in [0.15, 0.2) is 53.9 Å². The number of halogens is 1. The molecule has 0 radical (unpaired) electrons. The van der Waals surface area contributed by atoms with Gasteiger partial charge in [0.1, 0.15) is 5.82 Å². The smallest absolute Gasteiger partial charge is 0.281 e. The summed E-state index contributed by atoms with van der Waals surface area (Å²) in [6.07, 6.45) is 5.27. The van der Waals surface area contributed by atoms with E-state index in [1.54, 1.807) is 12.4 Å². The second kappa shape index (κ2) is 6.50. The zero-order chi connectivity index (χ0) is 15.7. The summed E-state index contributed by atoms with van der Waals surface area (Å²) < 4.78 is 1.81. The van der Waals surface area contributed by atoms with Gasteiger partial charge in [0.2, 0.25) is 0 Å². The van der Waals surface area contributed by atoms with Crippen molar-refractivity contribution in [3.63, 3.8) is 0 Å². The Labute approximate surface area is 139 Å². The normalized spacial score (nSPS) is 10.1. The number of guanidine groups is 1. The molecule has 0 aliphatic carbocycles. The Morgan fingerprint density at radius 3 is 2.65 bits per heavy atom. The number of hydrogen-bond donors (Lipinski definition) is 2. The van der Waals surface area contributed by atoms with Crippen LogP contribution >= 0.6 is 12.4 Å². The average Bonchev–Trinajstić information content (AvgIpc) is 2.88. The van der Waals surface area contributed by atoms with E-state index in [1.165, 1.54) is 0 Å². The number of amides is 1. The monoisotopic (exact) mass is 329 g/mol. The minimum absolute atomic E-state index is 0. The lowest BCUT2D eigenvalue weighted by Crippen LogP contribution is -2.24. The Bertz CT molecular complexity index is 891. The van der Waals surface area contributed by atoms with Crippen molar-refractivity contribution in [2.75, 3.05) is 0 Å². The predicted octanol–water partition coefficient (Wildman–Crippen LogP) is 2.17. The number of aromatic nitrogens is 2. The van der Waals surface area contributed by atoms with Crippen molar-refractivity contribution >= 4 is 35.0 Å². The van der Waals surface area contributed by atoms with E-state index in [-0.39, 0.29) is 18.4 Å². The molecular weight excluding hydrogens is 314 g/mol. The van der Waals surface area contributed by atoms with Crippen LogP contribution in [0.1, 0.15) is 15.9 Å². The summed E-state index contributed by atoms with van der Waals surface area (Å²) in [6.45, 7) is 1.83. The summed E-state index contributed by atoms with van der Waals surface area (Å²) in [6, 6.07) is 9.88. The summed E-state index contributed by atoms with van der Waals surface area (Å²) in [4.78, 5) is 20.0. The van der Waals surface area contributed by atoms with Gasteiger partial charge in [-0.15, -0.1) is 12.4 Å². The van der Waals surface area contributed by atoms with Crippen LogP contribution in [0.3, 0.4) is 0 Å². The first-order chi connectivity index (χ1) is 10.6. The molecule has 0 saturated heterocycles. The molecule has 23 heavy (non-hydrogen) atoms. The number of pyridine rings is 1. The van der Waals surface area contributed by atoms with Crippen LogP contribution in [0.25, 0.3) is 16.6 Å². The van der Waals surface area contributed by atoms with Gasteiger partial charge in [-0.25, -0.2) is 4.98 Å². The van der Waals surface area contributed by atoms with E-state index in [4.69, 9.17) is 11.5 Å². The molecule has 4 N–H and O–H groups in total. The van der Waals surface area contributed by atoms with Gasteiger partial charge in [-0.3, -0.25) is 4.79 Å². The third-order valence-corrected chi connectivity index (χ3v) is 3.38. The van der Waals surface area contributed by atoms with Gasteiger partial charge >= 0.3 is 0 Å². The zero-order valence-electron chi connectivity index (χ0n) is 12.4. The maximum atomic E-state index is 12.0. The Kier molecular flexibility index (Phi) is 4.66. The number of rotatable bonds is 2. The minimum atomic E-state index is -0.462. The average molecular weight is 330 g/mol. The summed E-state index contributed by atoms with van der Waals surface area (Å²) in [5.74, 6) is 0.0434. The standard InChI is InChI=1S/C16H15N5O.ClH/c1-10-8-21(9-13(10)15(22)20-16(17)18)14-12-5-3-2-4-11(12)6-7-19-14;/h2-9H,1H3,(H4,17,18,20,22);1H. The summed E-state index contributed by atoms with van der Waals surface area (Å²) in [5.41, 5.74) is 11.8. The minimum Gasteiger partial charge on any atom is -0.370 e. The molecule has 3 aromatic rings. The highest BCUT2D eigenvalue weighted by Crippen LogP contribution is 2.22. The molecule has 2 aromatic heterocycles. The van der Waals surface area contributed by atoms with Crippen molar-refractivity contribution < 1.29 is 4.79 Å². The highest BCUT2D eigenvalue weighted by atomic mass is 35.5. The molecule has 2 heterocycles. The molecule has 0 aliphatic heterocycles. The fraction of sp³-hybridized carbons (Fsp3) is 0.0625.